The van der Waals surface area contributed by atoms with E-state index in [1.807, 2.05) is 24.3 Å². The second kappa shape index (κ2) is 7.97. The maximum atomic E-state index is 12.5. The van der Waals surface area contributed by atoms with Crippen LogP contribution in [0.4, 0.5) is 5.82 Å². The summed E-state index contributed by atoms with van der Waals surface area (Å²) in [7, 11) is 0. The van der Waals surface area contributed by atoms with Gasteiger partial charge in [0.25, 0.3) is 5.56 Å². The van der Waals surface area contributed by atoms with E-state index < -0.39 is 0 Å². The molecule has 1 saturated carbocycles. The Bertz CT molecular complexity index is 1060. The molecule has 4 rings (SSSR count). The maximum Gasteiger partial charge on any atom is 0.267 e. The van der Waals surface area contributed by atoms with Crippen molar-refractivity contribution in [3.8, 4) is 11.3 Å². The molecule has 0 bridgehead atoms. The third-order valence-corrected chi connectivity index (χ3v) is 6.23. The van der Waals surface area contributed by atoms with Crippen LogP contribution in [-0.4, -0.2) is 21.3 Å². The van der Waals surface area contributed by atoms with Crippen LogP contribution in [0.1, 0.15) is 37.3 Å². The minimum absolute atomic E-state index is 0.0445. The van der Waals surface area contributed by atoms with Crippen LogP contribution in [0.15, 0.2) is 59.5 Å². The van der Waals surface area contributed by atoms with Gasteiger partial charge in [-0.2, -0.15) is 5.10 Å². The van der Waals surface area contributed by atoms with E-state index in [4.69, 9.17) is 23.1 Å². The molecule has 0 spiro atoms. The SMILES string of the molecule is NC[C@]1(c2cccc(Cl)c2)CC[C@H](n2nc(-c3ccc(N)nc3)ccc2=O)CC1. The predicted molar refractivity (Wildman–Crippen MR) is 116 cm³/mol. The lowest BCUT2D eigenvalue weighted by Crippen LogP contribution is -2.41. The number of anilines is 1. The number of halogens is 1. The average Bonchev–Trinajstić information content (AvgIpc) is 2.75. The van der Waals surface area contributed by atoms with Crippen LogP contribution in [-0.2, 0) is 5.41 Å². The van der Waals surface area contributed by atoms with E-state index in [0.717, 1.165) is 36.3 Å². The van der Waals surface area contributed by atoms with Gasteiger partial charge in [-0.3, -0.25) is 4.79 Å². The molecule has 1 aromatic carbocycles. The number of pyridine rings is 1. The summed E-state index contributed by atoms with van der Waals surface area (Å²) in [6.07, 6.45) is 5.11. The molecule has 0 saturated heterocycles. The smallest absolute Gasteiger partial charge is 0.267 e. The standard InChI is InChI=1S/C22H24ClN5O/c23-17-3-1-2-16(12-17)22(14-24)10-8-18(9-11-22)28-21(29)7-5-19(27-28)15-4-6-20(25)26-13-15/h1-7,12-13,18H,8-11,14,24H2,(H2,25,26)/t18-,22-. The lowest BCUT2D eigenvalue weighted by atomic mass is 9.68. The highest BCUT2D eigenvalue weighted by atomic mass is 35.5. The summed E-state index contributed by atoms with van der Waals surface area (Å²) in [6.45, 7) is 0.555. The quantitative estimate of drug-likeness (QED) is 0.686. The number of aromatic nitrogens is 3. The number of nitrogens with two attached hydrogens (primary N) is 2. The highest BCUT2D eigenvalue weighted by molar-refractivity contribution is 6.30. The Balaban J connectivity index is 1.59. The molecule has 2 heterocycles. The van der Waals surface area contributed by atoms with Crippen molar-refractivity contribution in [2.45, 2.75) is 37.1 Å². The summed E-state index contributed by atoms with van der Waals surface area (Å²) in [5.74, 6) is 0.452. The molecule has 150 valence electrons. The number of nitrogen functional groups attached to an aromatic ring is 1. The van der Waals surface area contributed by atoms with Gasteiger partial charge in [-0.25, -0.2) is 9.67 Å². The van der Waals surface area contributed by atoms with Crippen molar-refractivity contribution in [3.63, 3.8) is 0 Å². The van der Waals surface area contributed by atoms with Crippen LogP contribution >= 0.6 is 11.6 Å². The molecule has 3 aromatic rings. The summed E-state index contributed by atoms with van der Waals surface area (Å²) >= 11 is 6.20. The topological polar surface area (TPSA) is 99.8 Å². The van der Waals surface area contributed by atoms with Crippen LogP contribution in [0.5, 0.6) is 0 Å². The Morgan fingerprint density at radius 1 is 1.14 bits per heavy atom. The second-order valence-corrected chi connectivity index (χ2v) is 8.14. The van der Waals surface area contributed by atoms with Crippen molar-refractivity contribution in [2.24, 2.45) is 5.73 Å². The Morgan fingerprint density at radius 2 is 1.93 bits per heavy atom. The van der Waals surface area contributed by atoms with E-state index in [2.05, 4.69) is 16.1 Å². The first kappa shape index (κ1) is 19.6. The Labute approximate surface area is 174 Å². The molecule has 7 heteroatoms. The second-order valence-electron chi connectivity index (χ2n) is 7.70. The highest BCUT2D eigenvalue weighted by Gasteiger charge is 2.37. The van der Waals surface area contributed by atoms with Crippen molar-refractivity contribution in [2.75, 3.05) is 12.3 Å². The first-order valence-electron chi connectivity index (χ1n) is 9.79. The molecule has 4 N–H and O–H groups in total. The van der Waals surface area contributed by atoms with Gasteiger partial charge >= 0.3 is 0 Å². The lowest BCUT2D eigenvalue weighted by Gasteiger charge is -2.40. The number of benzene rings is 1. The van der Waals surface area contributed by atoms with E-state index in [9.17, 15) is 4.79 Å². The van der Waals surface area contributed by atoms with E-state index in [1.165, 1.54) is 5.56 Å². The van der Waals surface area contributed by atoms with Crippen molar-refractivity contribution >= 4 is 17.4 Å². The van der Waals surface area contributed by atoms with Gasteiger partial charge in [0.15, 0.2) is 0 Å². The maximum absolute atomic E-state index is 12.5. The van der Waals surface area contributed by atoms with Gasteiger partial charge in [0.1, 0.15) is 5.82 Å². The van der Waals surface area contributed by atoms with Gasteiger partial charge in [-0.05, 0) is 61.6 Å². The zero-order valence-corrected chi connectivity index (χ0v) is 16.8. The van der Waals surface area contributed by atoms with Crippen LogP contribution in [0.2, 0.25) is 5.02 Å². The average molecular weight is 410 g/mol. The Hall–Kier alpha value is -2.70. The summed E-state index contributed by atoms with van der Waals surface area (Å²) in [4.78, 5) is 16.6. The largest absolute Gasteiger partial charge is 0.384 e. The molecule has 2 aromatic heterocycles. The van der Waals surface area contributed by atoms with Crippen LogP contribution in [0.3, 0.4) is 0 Å². The minimum atomic E-state index is -0.108. The molecule has 0 amide bonds. The van der Waals surface area contributed by atoms with Crippen molar-refractivity contribution in [1.82, 2.24) is 14.8 Å². The zero-order chi connectivity index (χ0) is 20.4. The molecule has 0 unspecified atom stereocenters. The third kappa shape index (κ3) is 3.91. The molecule has 0 aliphatic heterocycles. The van der Waals surface area contributed by atoms with E-state index >= 15 is 0 Å². The minimum Gasteiger partial charge on any atom is -0.384 e. The van der Waals surface area contributed by atoms with Crippen molar-refractivity contribution < 1.29 is 0 Å². The highest BCUT2D eigenvalue weighted by Crippen LogP contribution is 2.42. The van der Waals surface area contributed by atoms with Gasteiger partial charge in [-0.1, -0.05) is 23.7 Å². The number of rotatable bonds is 4. The summed E-state index contributed by atoms with van der Waals surface area (Å²) in [5, 5.41) is 5.35. The van der Waals surface area contributed by atoms with Crippen molar-refractivity contribution in [3.05, 3.63) is 75.7 Å². The zero-order valence-electron chi connectivity index (χ0n) is 16.1. The van der Waals surface area contributed by atoms with E-state index in [-0.39, 0.29) is 17.0 Å². The predicted octanol–water partition coefficient (Wildman–Crippen LogP) is 3.55. The molecular formula is C22H24ClN5O. The molecule has 0 radical (unpaired) electrons. The molecule has 29 heavy (non-hydrogen) atoms. The number of hydrogen-bond acceptors (Lipinski definition) is 5. The summed E-state index contributed by atoms with van der Waals surface area (Å²) < 4.78 is 1.62. The Kier molecular flexibility index (Phi) is 5.39. The normalized spacial score (nSPS) is 21.8. The Morgan fingerprint density at radius 3 is 2.59 bits per heavy atom. The monoisotopic (exact) mass is 409 g/mol. The molecule has 1 aliphatic carbocycles. The van der Waals surface area contributed by atoms with Gasteiger partial charge in [-0.15, -0.1) is 0 Å². The molecule has 1 fully saturated rings. The summed E-state index contributed by atoms with van der Waals surface area (Å²) in [5.41, 5.74) is 14.4. The fourth-order valence-electron chi connectivity index (χ4n) is 4.23. The third-order valence-electron chi connectivity index (χ3n) is 5.99. The molecule has 1 aliphatic rings. The van der Waals surface area contributed by atoms with E-state index in [0.29, 0.717) is 18.1 Å². The van der Waals surface area contributed by atoms with Crippen molar-refractivity contribution in [1.29, 1.82) is 0 Å². The number of nitrogens with zero attached hydrogens (tertiary/aromatic N) is 3. The fraction of sp³-hybridized carbons (Fsp3) is 0.318. The molecule has 6 nitrogen and oxygen atoms in total. The molecule has 0 atom stereocenters. The first-order valence-corrected chi connectivity index (χ1v) is 10.2. The fourth-order valence-corrected chi connectivity index (χ4v) is 4.42. The van der Waals surface area contributed by atoms with Gasteiger partial charge < -0.3 is 11.5 Å². The van der Waals surface area contributed by atoms with Crippen LogP contribution in [0.25, 0.3) is 11.3 Å². The van der Waals surface area contributed by atoms with Crippen LogP contribution in [0, 0.1) is 0 Å². The molecular weight excluding hydrogens is 386 g/mol. The lowest BCUT2D eigenvalue weighted by molar-refractivity contribution is 0.222. The van der Waals surface area contributed by atoms with Gasteiger partial charge in [0.2, 0.25) is 0 Å². The summed E-state index contributed by atoms with van der Waals surface area (Å²) in [6, 6.07) is 14.9. The van der Waals surface area contributed by atoms with Crippen LogP contribution < -0.4 is 17.0 Å². The van der Waals surface area contributed by atoms with Gasteiger partial charge in [0, 0.05) is 34.8 Å². The van der Waals surface area contributed by atoms with E-state index in [1.54, 1.807) is 29.1 Å². The number of hydrogen-bond donors (Lipinski definition) is 2. The van der Waals surface area contributed by atoms with Gasteiger partial charge in [0.05, 0.1) is 11.7 Å². The first-order chi connectivity index (χ1) is 14.0.